The van der Waals surface area contributed by atoms with Crippen LogP contribution in [-0.2, 0) is 21.6 Å². The fourth-order valence-electron chi connectivity index (χ4n) is 6.04. The molecule has 1 fully saturated rings. The Labute approximate surface area is 231 Å². The van der Waals surface area contributed by atoms with Crippen LogP contribution in [0, 0.1) is 18.7 Å². The number of fused-ring (bicyclic) bond motifs is 3. The molecule has 0 bridgehead atoms. The highest BCUT2D eigenvalue weighted by molar-refractivity contribution is 7.91. The number of benzene rings is 2. The zero-order valence-corrected chi connectivity index (χ0v) is 23.6. The Morgan fingerprint density at radius 2 is 1.85 bits per heavy atom. The van der Waals surface area contributed by atoms with E-state index < -0.39 is 9.84 Å². The van der Waals surface area contributed by atoms with E-state index in [1.807, 2.05) is 20.0 Å². The Bertz CT molecular complexity index is 1820. The third-order valence-electron chi connectivity index (χ3n) is 7.80. The van der Waals surface area contributed by atoms with Crippen molar-refractivity contribution in [3.63, 3.8) is 0 Å². The van der Waals surface area contributed by atoms with E-state index >= 15 is 0 Å². The van der Waals surface area contributed by atoms with Crippen LogP contribution < -0.4 is 4.74 Å². The van der Waals surface area contributed by atoms with Crippen LogP contribution >= 0.6 is 0 Å². The second-order valence-corrected chi connectivity index (χ2v) is 12.3. The molecule has 6 rings (SSSR count). The molecule has 1 saturated heterocycles. The van der Waals surface area contributed by atoms with Crippen LogP contribution in [-0.4, -0.2) is 59.5 Å². The number of aromatic nitrogens is 5. The first-order chi connectivity index (χ1) is 19.2. The lowest BCUT2D eigenvalue weighted by Gasteiger charge is -2.33. The summed E-state index contributed by atoms with van der Waals surface area (Å²) in [5.41, 5.74) is 5.11. The largest absolute Gasteiger partial charge is 0.496 e. The average molecular weight is 564 g/mol. The Morgan fingerprint density at radius 3 is 2.48 bits per heavy atom. The topological polar surface area (TPSA) is 101 Å². The quantitative estimate of drug-likeness (QED) is 0.291. The Kier molecular flexibility index (Phi) is 6.58. The maximum atomic E-state index is 14.1. The third kappa shape index (κ3) is 4.33. The molecule has 208 valence electrons. The Morgan fingerprint density at radius 1 is 1.12 bits per heavy atom. The second kappa shape index (κ2) is 9.97. The number of aryl methyl sites for hydroxylation is 2. The molecule has 1 aliphatic rings. The van der Waals surface area contributed by atoms with Gasteiger partial charge in [0.15, 0.2) is 9.84 Å². The summed E-state index contributed by atoms with van der Waals surface area (Å²) < 4.78 is 55.8. The Balaban J connectivity index is 1.79. The molecule has 0 saturated carbocycles. The van der Waals surface area contributed by atoms with Crippen LogP contribution in [0.4, 0.5) is 4.39 Å². The van der Waals surface area contributed by atoms with E-state index in [0.717, 1.165) is 40.9 Å². The van der Waals surface area contributed by atoms with Gasteiger partial charge in [0.1, 0.15) is 11.6 Å². The van der Waals surface area contributed by atoms with Crippen molar-refractivity contribution in [1.29, 1.82) is 0 Å². The number of methoxy groups -OCH3 is 1. The molecule has 0 radical (unpaired) electrons. The fourth-order valence-corrected chi connectivity index (χ4v) is 6.91. The first-order valence-corrected chi connectivity index (χ1v) is 15.0. The van der Waals surface area contributed by atoms with Gasteiger partial charge in [-0.05, 0) is 61.6 Å². The van der Waals surface area contributed by atoms with Gasteiger partial charge in [0.05, 0.1) is 51.4 Å². The van der Waals surface area contributed by atoms with Crippen molar-refractivity contribution in [1.82, 2.24) is 24.5 Å². The summed E-state index contributed by atoms with van der Waals surface area (Å²) in [6, 6.07) is 11.4. The molecule has 0 aliphatic carbocycles. The summed E-state index contributed by atoms with van der Waals surface area (Å²) >= 11 is 0. The lowest BCUT2D eigenvalue weighted by molar-refractivity contribution is 0.0552. The van der Waals surface area contributed by atoms with Gasteiger partial charge in [0, 0.05) is 38.3 Å². The van der Waals surface area contributed by atoms with Crippen molar-refractivity contribution in [3.05, 3.63) is 65.7 Å². The van der Waals surface area contributed by atoms with E-state index in [9.17, 15) is 12.8 Å². The van der Waals surface area contributed by atoms with Crippen molar-refractivity contribution in [2.75, 3.05) is 26.6 Å². The van der Waals surface area contributed by atoms with Gasteiger partial charge in [-0.1, -0.05) is 17.3 Å². The van der Waals surface area contributed by atoms with Crippen molar-refractivity contribution in [3.8, 4) is 17.0 Å². The third-order valence-corrected chi connectivity index (χ3v) is 8.93. The molecule has 11 heteroatoms. The van der Waals surface area contributed by atoms with Gasteiger partial charge in [-0.15, -0.1) is 5.10 Å². The standard InChI is InChI=1S/C29H30FN5O4S/c1-17-27(34(2)33-32-17)20-15-22-26(31-16-20)25-23(38-3)9-10-24(40(4,36)37)29(25)35(22)28(19-11-13-39-14-12-19)18-5-7-21(30)8-6-18/h5-10,15-16,19,28H,11-14H2,1-4H3. The highest BCUT2D eigenvalue weighted by Crippen LogP contribution is 2.45. The van der Waals surface area contributed by atoms with Gasteiger partial charge in [-0.2, -0.15) is 0 Å². The summed E-state index contributed by atoms with van der Waals surface area (Å²) in [6.45, 7) is 3.06. The number of rotatable bonds is 6. The molecule has 4 heterocycles. The minimum atomic E-state index is -3.66. The molecule has 3 aromatic heterocycles. The van der Waals surface area contributed by atoms with Gasteiger partial charge < -0.3 is 14.0 Å². The summed E-state index contributed by atoms with van der Waals surface area (Å²) in [5, 5.41) is 8.98. The monoisotopic (exact) mass is 563 g/mol. The molecule has 0 amide bonds. The summed E-state index contributed by atoms with van der Waals surface area (Å²) in [5.74, 6) is 0.285. The zero-order chi connectivity index (χ0) is 28.2. The minimum absolute atomic E-state index is 0.0976. The molecule has 2 aromatic carbocycles. The maximum absolute atomic E-state index is 14.1. The van der Waals surface area contributed by atoms with E-state index in [0.29, 0.717) is 35.4 Å². The highest BCUT2D eigenvalue weighted by Gasteiger charge is 2.33. The van der Waals surface area contributed by atoms with Crippen molar-refractivity contribution >= 4 is 31.8 Å². The molecule has 40 heavy (non-hydrogen) atoms. The molecule has 1 unspecified atom stereocenters. The number of hydrogen-bond donors (Lipinski definition) is 0. The highest BCUT2D eigenvalue weighted by atomic mass is 32.2. The number of ether oxygens (including phenoxy) is 2. The van der Waals surface area contributed by atoms with E-state index in [1.54, 1.807) is 42.3 Å². The Hall–Kier alpha value is -3.83. The minimum Gasteiger partial charge on any atom is -0.496 e. The second-order valence-electron chi connectivity index (χ2n) is 10.3. The number of hydrogen-bond acceptors (Lipinski definition) is 7. The van der Waals surface area contributed by atoms with Crippen LogP contribution in [0.3, 0.4) is 0 Å². The van der Waals surface area contributed by atoms with Crippen LogP contribution in [0.2, 0.25) is 0 Å². The van der Waals surface area contributed by atoms with Gasteiger partial charge in [-0.25, -0.2) is 17.5 Å². The van der Waals surface area contributed by atoms with Crippen LogP contribution in [0.1, 0.15) is 30.1 Å². The summed E-state index contributed by atoms with van der Waals surface area (Å²) in [7, 11) is -0.272. The fraction of sp³-hybridized carbons (Fsp3) is 0.345. The van der Waals surface area contributed by atoms with Gasteiger partial charge >= 0.3 is 0 Å². The van der Waals surface area contributed by atoms with Gasteiger partial charge in [0.25, 0.3) is 0 Å². The molecule has 0 N–H and O–H groups in total. The van der Waals surface area contributed by atoms with Crippen LogP contribution in [0.25, 0.3) is 33.2 Å². The smallest absolute Gasteiger partial charge is 0.177 e. The molecule has 9 nitrogen and oxygen atoms in total. The molecule has 0 spiro atoms. The number of sulfone groups is 1. The maximum Gasteiger partial charge on any atom is 0.177 e. The summed E-state index contributed by atoms with van der Waals surface area (Å²) in [6.07, 6.45) is 4.49. The summed E-state index contributed by atoms with van der Waals surface area (Å²) in [4.78, 5) is 5.07. The predicted octanol–water partition coefficient (Wildman–Crippen LogP) is 4.86. The predicted molar refractivity (Wildman–Crippen MR) is 150 cm³/mol. The number of pyridine rings is 1. The lowest BCUT2D eigenvalue weighted by atomic mass is 9.86. The van der Waals surface area contributed by atoms with E-state index in [-0.39, 0.29) is 22.7 Å². The number of halogens is 1. The molecule has 1 atom stereocenters. The zero-order valence-electron chi connectivity index (χ0n) is 22.8. The van der Waals surface area contributed by atoms with Crippen molar-refractivity contribution < 1.29 is 22.3 Å². The van der Waals surface area contributed by atoms with Crippen molar-refractivity contribution in [2.24, 2.45) is 13.0 Å². The van der Waals surface area contributed by atoms with E-state index in [1.165, 1.54) is 18.4 Å². The van der Waals surface area contributed by atoms with E-state index in [2.05, 4.69) is 14.9 Å². The molecule has 5 aromatic rings. The normalized spacial score (nSPS) is 15.6. The molecule has 1 aliphatic heterocycles. The molecular weight excluding hydrogens is 533 g/mol. The average Bonchev–Trinajstić information content (AvgIpc) is 3.45. The number of nitrogens with zero attached hydrogens (tertiary/aromatic N) is 5. The first-order valence-electron chi connectivity index (χ1n) is 13.1. The lowest BCUT2D eigenvalue weighted by Crippen LogP contribution is -2.27. The first kappa shape index (κ1) is 26.4. The SMILES string of the molecule is COc1ccc(S(C)(=O)=O)c2c1c1ncc(-c3c(C)nnn3C)cc1n2C(c1ccc(F)cc1)C1CCOCC1. The van der Waals surface area contributed by atoms with Crippen molar-refractivity contribution in [2.45, 2.75) is 30.7 Å². The van der Waals surface area contributed by atoms with Gasteiger partial charge in [-0.3, -0.25) is 4.98 Å². The van der Waals surface area contributed by atoms with Crippen LogP contribution in [0.15, 0.2) is 53.6 Å². The van der Waals surface area contributed by atoms with E-state index in [4.69, 9.17) is 14.5 Å². The van der Waals surface area contributed by atoms with Gasteiger partial charge in [0.2, 0.25) is 0 Å². The molecular formula is C29H30FN5O4S. The van der Waals surface area contributed by atoms with Crippen LogP contribution in [0.5, 0.6) is 5.75 Å².